The van der Waals surface area contributed by atoms with Crippen LogP contribution >= 0.6 is 0 Å². The molecule has 1 aromatic carbocycles. The van der Waals surface area contributed by atoms with E-state index < -0.39 is 5.97 Å². The van der Waals surface area contributed by atoms with E-state index in [1.165, 1.54) is 0 Å². The number of piperidine rings is 1. The number of hydrogen-bond acceptors (Lipinski definition) is 6. The number of nitrogens with zero attached hydrogens (tertiary/aromatic N) is 3. The summed E-state index contributed by atoms with van der Waals surface area (Å²) < 4.78 is 13.4. The molecular weight excluding hydrogens is 384 g/mol. The van der Waals surface area contributed by atoms with Crippen LogP contribution in [0.4, 0.5) is 5.69 Å². The van der Waals surface area contributed by atoms with Gasteiger partial charge in [0.05, 0.1) is 17.3 Å². The molecule has 1 unspecified atom stereocenters. The number of carboxylic acid groups (broad SMARTS) is 1. The number of rotatable bonds is 4. The fourth-order valence-electron chi connectivity index (χ4n) is 4.30. The SMILES string of the molecule is Nc1ccc2nc(-c3ccc4c(c3)OCCO4)c(CN3CCCC(C(=O)O)C3)n2c1. The summed E-state index contributed by atoms with van der Waals surface area (Å²) in [7, 11) is 0. The molecule has 0 aliphatic carbocycles. The fourth-order valence-corrected chi connectivity index (χ4v) is 4.30. The Kier molecular flexibility index (Phi) is 4.71. The summed E-state index contributed by atoms with van der Waals surface area (Å²) in [5, 5.41) is 9.45. The third-order valence-corrected chi connectivity index (χ3v) is 5.78. The predicted molar refractivity (Wildman–Crippen MR) is 112 cm³/mol. The molecule has 1 saturated heterocycles. The number of anilines is 1. The average molecular weight is 408 g/mol. The summed E-state index contributed by atoms with van der Waals surface area (Å²) in [6.45, 7) is 3.06. The summed E-state index contributed by atoms with van der Waals surface area (Å²) in [6, 6.07) is 9.59. The molecule has 5 rings (SSSR count). The molecule has 8 nitrogen and oxygen atoms in total. The van der Waals surface area contributed by atoms with E-state index in [1.807, 2.05) is 40.9 Å². The molecule has 156 valence electrons. The van der Waals surface area contributed by atoms with Gasteiger partial charge in [0, 0.05) is 30.5 Å². The highest BCUT2D eigenvalue weighted by molar-refractivity contribution is 5.71. The first-order valence-corrected chi connectivity index (χ1v) is 10.2. The zero-order chi connectivity index (χ0) is 20.7. The first-order chi connectivity index (χ1) is 14.6. The Morgan fingerprint density at radius 3 is 2.87 bits per heavy atom. The number of hydrogen-bond donors (Lipinski definition) is 2. The van der Waals surface area contributed by atoms with Crippen molar-refractivity contribution in [1.82, 2.24) is 14.3 Å². The molecule has 8 heteroatoms. The number of imidazole rings is 1. The Labute approximate surface area is 173 Å². The van der Waals surface area contributed by atoms with E-state index >= 15 is 0 Å². The maximum absolute atomic E-state index is 11.5. The first kappa shape index (κ1) is 18.7. The minimum absolute atomic E-state index is 0.333. The van der Waals surface area contributed by atoms with Crippen LogP contribution in [-0.2, 0) is 11.3 Å². The molecule has 0 spiro atoms. The zero-order valence-corrected chi connectivity index (χ0v) is 16.6. The molecule has 1 fully saturated rings. The Hall–Kier alpha value is -3.26. The van der Waals surface area contributed by atoms with E-state index in [0.717, 1.165) is 47.7 Å². The van der Waals surface area contributed by atoms with Crippen molar-refractivity contribution in [3.05, 3.63) is 42.2 Å². The van der Waals surface area contributed by atoms with Crippen LogP contribution in [0.3, 0.4) is 0 Å². The number of aromatic nitrogens is 2. The molecule has 0 saturated carbocycles. The second kappa shape index (κ2) is 7.53. The number of aliphatic carboxylic acids is 1. The van der Waals surface area contributed by atoms with Crippen molar-refractivity contribution in [3.8, 4) is 22.8 Å². The number of pyridine rings is 1. The largest absolute Gasteiger partial charge is 0.486 e. The minimum atomic E-state index is -0.728. The molecule has 2 aromatic heterocycles. The van der Waals surface area contributed by atoms with Gasteiger partial charge < -0.3 is 24.7 Å². The van der Waals surface area contributed by atoms with Gasteiger partial charge in [-0.25, -0.2) is 4.98 Å². The monoisotopic (exact) mass is 408 g/mol. The van der Waals surface area contributed by atoms with Crippen LogP contribution in [0.25, 0.3) is 16.9 Å². The van der Waals surface area contributed by atoms with Crippen molar-refractivity contribution in [2.24, 2.45) is 5.92 Å². The van der Waals surface area contributed by atoms with Crippen molar-refractivity contribution >= 4 is 17.3 Å². The van der Waals surface area contributed by atoms with Gasteiger partial charge in [-0.15, -0.1) is 0 Å². The number of fused-ring (bicyclic) bond motifs is 2. The van der Waals surface area contributed by atoms with E-state index in [9.17, 15) is 9.90 Å². The predicted octanol–water partition coefficient (Wildman–Crippen LogP) is 2.65. The molecule has 4 heterocycles. The highest BCUT2D eigenvalue weighted by Crippen LogP contribution is 2.36. The van der Waals surface area contributed by atoms with Crippen molar-refractivity contribution in [2.45, 2.75) is 19.4 Å². The lowest BCUT2D eigenvalue weighted by molar-refractivity contribution is -0.143. The Morgan fingerprint density at radius 2 is 2.03 bits per heavy atom. The van der Waals surface area contributed by atoms with Crippen molar-refractivity contribution in [2.75, 3.05) is 32.0 Å². The van der Waals surface area contributed by atoms with Crippen molar-refractivity contribution in [1.29, 1.82) is 0 Å². The topological polar surface area (TPSA) is 102 Å². The van der Waals surface area contributed by atoms with Crippen LogP contribution in [0, 0.1) is 5.92 Å². The van der Waals surface area contributed by atoms with Gasteiger partial charge in [-0.05, 0) is 49.7 Å². The third kappa shape index (κ3) is 3.43. The van der Waals surface area contributed by atoms with Crippen LogP contribution in [-0.4, -0.2) is 51.7 Å². The van der Waals surface area contributed by atoms with Gasteiger partial charge in [0.2, 0.25) is 0 Å². The number of likely N-dealkylation sites (tertiary alicyclic amines) is 1. The van der Waals surface area contributed by atoms with E-state index in [0.29, 0.717) is 37.7 Å². The maximum Gasteiger partial charge on any atom is 0.307 e. The Bertz CT molecular complexity index is 1110. The first-order valence-electron chi connectivity index (χ1n) is 10.2. The lowest BCUT2D eigenvalue weighted by Crippen LogP contribution is -2.38. The van der Waals surface area contributed by atoms with Crippen LogP contribution in [0.1, 0.15) is 18.5 Å². The van der Waals surface area contributed by atoms with Crippen LogP contribution in [0.5, 0.6) is 11.5 Å². The second-order valence-electron chi connectivity index (χ2n) is 7.87. The van der Waals surface area contributed by atoms with Gasteiger partial charge >= 0.3 is 5.97 Å². The summed E-state index contributed by atoms with van der Waals surface area (Å²) in [5.74, 6) is 0.389. The fraction of sp³-hybridized carbons (Fsp3) is 0.364. The molecule has 30 heavy (non-hydrogen) atoms. The molecule has 0 radical (unpaired) electrons. The number of carbonyl (C=O) groups is 1. The Balaban J connectivity index is 1.56. The van der Waals surface area contributed by atoms with Gasteiger partial charge in [0.25, 0.3) is 0 Å². The lowest BCUT2D eigenvalue weighted by atomic mass is 9.98. The van der Waals surface area contributed by atoms with Crippen LogP contribution in [0.15, 0.2) is 36.5 Å². The minimum Gasteiger partial charge on any atom is -0.486 e. The number of benzene rings is 1. The summed E-state index contributed by atoms with van der Waals surface area (Å²) >= 11 is 0. The van der Waals surface area contributed by atoms with Crippen LogP contribution in [0.2, 0.25) is 0 Å². The zero-order valence-electron chi connectivity index (χ0n) is 16.6. The van der Waals surface area contributed by atoms with Gasteiger partial charge in [-0.2, -0.15) is 0 Å². The number of ether oxygens (including phenoxy) is 2. The van der Waals surface area contributed by atoms with Gasteiger partial charge in [0.1, 0.15) is 18.9 Å². The summed E-state index contributed by atoms with van der Waals surface area (Å²) in [5.41, 5.74) is 10.3. The van der Waals surface area contributed by atoms with E-state index in [-0.39, 0.29) is 5.92 Å². The quantitative estimate of drug-likeness (QED) is 0.684. The Morgan fingerprint density at radius 1 is 1.20 bits per heavy atom. The van der Waals surface area contributed by atoms with Crippen molar-refractivity contribution < 1.29 is 19.4 Å². The highest BCUT2D eigenvalue weighted by atomic mass is 16.6. The van der Waals surface area contributed by atoms with Gasteiger partial charge in [-0.1, -0.05) is 0 Å². The second-order valence-corrected chi connectivity index (χ2v) is 7.87. The number of nitrogens with two attached hydrogens (primary N) is 1. The lowest BCUT2D eigenvalue weighted by Gasteiger charge is -2.30. The standard InChI is InChI=1S/C22H24N4O4/c23-16-4-6-20-24-21(14-3-5-18-19(10-14)30-9-8-29-18)17(26(20)12-16)13-25-7-1-2-15(11-25)22(27)28/h3-6,10,12,15H,1-2,7-9,11,13,23H2,(H,27,28). The van der Waals surface area contributed by atoms with E-state index in [1.54, 1.807) is 0 Å². The number of nitrogen functional groups attached to an aromatic ring is 1. The number of carboxylic acids is 1. The summed E-state index contributed by atoms with van der Waals surface area (Å²) in [6.07, 6.45) is 3.47. The maximum atomic E-state index is 11.5. The molecule has 0 amide bonds. The molecule has 3 aromatic rings. The highest BCUT2D eigenvalue weighted by Gasteiger charge is 2.27. The molecule has 1 atom stereocenters. The van der Waals surface area contributed by atoms with E-state index in [2.05, 4.69) is 4.90 Å². The van der Waals surface area contributed by atoms with Gasteiger partial charge in [0.15, 0.2) is 11.5 Å². The van der Waals surface area contributed by atoms with Gasteiger partial charge in [-0.3, -0.25) is 9.69 Å². The molecule has 3 N–H and O–H groups in total. The average Bonchev–Trinajstić information content (AvgIpc) is 3.11. The molecular formula is C22H24N4O4. The third-order valence-electron chi connectivity index (χ3n) is 5.78. The van der Waals surface area contributed by atoms with Crippen LogP contribution < -0.4 is 15.2 Å². The van der Waals surface area contributed by atoms with E-state index in [4.69, 9.17) is 20.2 Å². The molecule has 2 aliphatic rings. The molecule has 2 aliphatic heterocycles. The summed E-state index contributed by atoms with van der Waals surface area (Å²) in [4.78, 5) is 18.5. The molecule has 0 bridgehead atoms. The van der Waals surface area contributed by atoms with Crippen molar-refractivity contribution in [3.63, 3.8) is 0 Å². The smallest absolute Gasteiger partial charge is 0.307 e. The normalized spacial score (nSPS) is 19.1.